The van der Waals surface area contributed by atoms with E-state index in [-0.39, 0.29) is 11.4 Å². The number of rotatable bonds is 3. The number of aryl methyl sites for hydroxylation is 1. The van der Waals surface area contributed by atoms with Crippen molar-refractivity contribution in [1.29, 1.82) is 0 Å². The van der Waals surface area contributed by atoms with Gasteiger partial charge in [0.2, 0.25) is 0 Å². The van der Waals surface area contributed by atoms with Crippen LogP contribution in [-0.4, -0.2) is 11.4 Å². The van der Waals surface area contributed by atoms with E-state index in [1.165, 1.54) is 11.3 Å². The lowest BCUT2D eigenvalue weighted by molar-refractivity contribution is 0.0915. The van der Waals surface area contributed by atoms with Crippen molar-refractivity contribution in [2.24, 2.45) is 0 Å². The Hall–Kier alpha value is -0.830. The predicted octanol–water partition coefficient (Wildman–Crippen LogP) is 2.97. The van der Waals surface area contributed by atoms with Crippen molar-refractivity contribution in [2.45, 2.75) is 39.7 Å². The Morgan fingerprint density at radius 3 is 2.64 bits per heavy atom. The first kappa shape index (κ1) is 11.2. The summed E-state index contributed by atoms with van der Waals surface area (Å²) in [5, 5.41) is 5.00. The Kier molecular flexibility index (Phi) is 3.32. The fraction of sp³-hybridized carbons (Fsp3) is 0.545. The zero-order valence-corrected chi connectivity index (χ0v) is 9.99. The lowest BCUT2D eigenvalue weighted by Gasteiger charge is -2.23. The molecule has 14 heavy (non-hydrogen) atoms. The van der Waals surface area contributed by atoms with Crippen LogP contribution in [0.25, 0.3) is 0 Å². The number of hydrogen-bond acceptors (Lipinski definition) is 2. The van der Waals surface area contributed by atoms with Crippen molar-refractivity contribution in [3.8, 4) is 0 Å². The van der Waals surface area contributed by atoms with Crippen molar-refractivity contribution >= 4 is 17.2 Å². The highest BCUT2D eigenvalue weighted by Gasteiger charge is 2.19. The molecule has 0 aliphatic rings. The molecule has 0 radical (unpaired) electrons. The minimum Gasteiger partial charge on any atom is -0.346 e. The van der Waals surface area contributed by atoms with Crippen molar-refractivity contribution in [3.05, 3.63) is 21.9 Å². The van der Waals surface area contributed by atoms with Crippen LogP contribution in [0.15, 0.2) is 11.4 Å². The molecule has 2 nitrogen and oxygen atoms in total. The van der Waals surface area contributed by atoms with Crippen LogP contribution in [0.1, 0.15) is 42.4 Å². The first-order valence-electron chi connectivity index (χ1n) is 4.82. The molecule has 0 atom stereocenters. The molecule has 78 valence electrons. The zero-order valence-electron chi connectivity index (χ0n) is 9.18. The van der Waals surface area contributed by atoms with Crippen LogP contribution in [0.2, 0.25) is 0 Å². The maximum absolute atomic E-state index is 11.7. The number of carbonyl (C=O) groups excluding carboxylic acids is 1. The highest BCUT2D eigenvalue weighted by Crippen LogP contribution is 2.15. The van der Waals surface area contributed by atoms with Crippen LogP contribution in [-0.2, 0) is 0 Å². The summed E-state index contributed by atoms with van der Waals surface area (Å²) in [5.41, 5.74) is 1.03. The first-order chi connectivity index (χ1) is 6.44. The van der Waals surface area contributed by atoms with Crippen LogP contribution >= 0.6 is 11.3 Å². The predicted molar refractivity (Wildman–Crippen MR) is 60.9 cm³/mol. The van der Waals surface area contributed by atoms with Gasteiger partial charge >= 0.3 is 0 Å². The number of carbonyl (C=O) groups is 1. The van der Waals surface area contributed by atoms with E-state index in [9.17, 15) is 4.79 Å². The normalized spacial score (nSPS) is 11.4. The Morgan fingerprint density at radius 1 is 1.57 bits per heavy atom. The molecule has 1 N–H and O–H groups in total. The van der Waals surface area contributed by atoms with Gasteiger partial charge in [0.15, 0.2) is 0 Å². The Bertz CT molecular complexity index is 328. The maximum Gasteiger partial charge on any atom is 0.261 e. The van der Waals surface area contributed by atoms with Crippen molar-refractivity contribution in [2.75, 3.05) is 0 Å². The summed E-state index contributed by atoms with van der Waals surface area (Å²) in [5.74, 6) is 0.0370. The molecule has 0 aliphatic heterocycles. The molecule has 0 aliphatic carbocycles. The number of hydrogen-bond donors (Lipinski definition) is 1. The van der Waals surface area contributed by atoms with Gasteiger partial charge in [-0.3, -0.25) is 4.79 Å². The van der Waals surface area contributed by atoms with E-state index in [0.29, 0.717) is 0 Å². The smallest absolute Gasteiger partial charge is 0.261 e. The Balaban J connectivity index is 2.68. The van der Waals surface area contributed by atoms with Gasteiger partial charge in [0, 0.05) is 5.54 Å². The highest BCUT2D eigenvalue weighted by molar-refractivity contribution is 7.12. The van der Waals surface area contributed by atoms with Gasteiger partial charge in [-0.15, -0.1) is 11.3 Å². The van der Waals surface area contributed by atoms with Crippen molar-refractivity contribution in [3.63, 3.8) is 0 Å². The van der Waals surface area contributed by atoms with Crippen LogP contribution in [0, 0.1) is 6.92 Å². The van der Waals surface area contributed by atoms with E-state index in [1.807, 2.05) is 32.2 Å². The zero-order chi connectivity index (χ0) is 10.8. The average molecular weight is 211 g/mol. The largest absolute Gasteiger partial charge is 0.346 e. The summed E-state index contributed by atoms with van der Waals surface area (Å²) in [7, 11) is 0. The van der Waals surface area contributed by atoms with E-state index in [2.05, 4.69) is 12.2 Å². The molecule has 0 spiro atoms. The minimum absolute atomic E-state index is 0.0370. The lowest BCUT2D eigenvalue weighted by atomic mass is 10.0. The molecule has 0 bridgehead atoms. The molecular formula is C11H17NOS. The molecule has 1 heterocycles. The van der Waals surface area contributed by atoms with Gasteiger partial charge in [0.05, 0.1) is 4.88 Å². The van der Waals surface area contributed by atoms with Gasteiger partial charge in [0.25, 0.3) is 5.91 Å². The second-order valence-corrected chi connectivity index (χ2v) is 5.09. The lowest BCUT2D eigenvalue weighted by Crippen LogP contribution is -2.42. The highest BCUT2D eigenvalue weighted by atomic mass is 32.1. The number of thiophene rings is 1. The van der Waals surface area contributed by atoms with Gasteiger partial charge in [0.1, 0.15) is 0 Å². The SMILES string of the molecule is CCC(C)(C)NC(=O)c1cc(C)cs1. The van der Waals surface area contributed by atoms with Gasteiger partial charge in [-0.25, -0.2) is 0 Å². The molecule has 3 heteroatoms. The summed E-state index contributed by atoms with van der Waals surface area (Å²) in [4.78, 5) is 12.5. The molecule has 1 rings (SSSR count). The monoisotopic (exact) mass is 211 g/mol. The summed E-state index contributed by atoms with van der Waals surface area (Å²) in [6.45, 7) is 8.13. The molecule has 0 fully saturated rings. The molecule has 0 saturated heterocycles. The van der Waals surface area contributed by atoms with E-state index in [4.69, 9.17) is 0 Å². The minimum atomic E-state index is -0.116. The van der Waals surface area contributed by atoms with Crippen molar-refractivity contribution in [1.82, 2.24) is 5.32 Å². The van der Waals surface area contributed by atoms with Gasteiger partial charge in [-0.1, -0.05) is 6.92 Å². The fourth-order valence-corrected chi connectivity index (χ4v) is 1.80. The topological polar surface area (TPSA) is 29.1 Å². The third-order valence-corrected chi connectivity index (χ3v) is 3.34. The van der Waals surface area contributed by atoms with Crippen molar-refractivity contribution < 1.29 is 4.79 Å². The molecule has 0 aromatic carbocycles. The molecule has 1 aromatic rings. The quantitative estimate of drug-likeness (QED) is 0.818. The fourth-order valence-electron chi connectivity index (χ4n) is 1.01. The summed E-state index contributed by atoms with van der Waals surface area (Å²) >= 11 is 1.50. The third-order valence-electron chi connectivity index (χ3n) is 2.29. The van der Waals surface area contributed by atoms with E-state index < -0.39 is 0 Å². The molecule has 0 unspecified atom stereocenters. The Morgan fingerprint density at radius 2 is 2.21 bits per heavy atom. The van der Waals surface area contributed by atoms with E-state index in [0.717, 1.165) is 16.9 Å². The molecule has 1 aromatic heterocycles. The standard InChI is InChI=1S/C11H17NOS/c1-5-11(3,4)12-10(13)9-6-8(2)7-14-9/h6-7H,5H2,1-4H3,(H,12,13). The average Bonchev–Trinajstić information content (AvgIpc) is 2.51. The molecular weight excluding hydrogens is 194 g/mol. The van der Waals surface area contributed by atoms with Gasteiger partial charge in [-0.05, 0) is 44.2 Å². The first-order valence-corrected chi connectivity index (χ1v) is 5.70. The van der Waals surface area contributed by atoms with E-state index >= 15 is 0 Å². The molecule has 1 amide bonds. The molecule has 0 saturated carbocycles. The van der Waals surface area contributed by atoms with Crippen LogP contribution < -0.4 is 5.32 Å². The van der Waals surface area contributed by atoms with Gasteiger partial charge in [-0.2, -0.15) is 0 Å². The van der Waals surface area contributed by atoms with Crippen LogP contribution in [0.4, 0.5) is 0 Å². The number of nitrogens with one attached hydrogen (secondary N) is 1. The Labute approximate surface area is 89.3 Å². The second-order valence-electron chi connectivity index (χ2n) is 4.18. The maximum atomic E-state index is 11.7. The second kappa shape index (κ2) is 4.13. The van der Waals surface area contributed by atoms with Crippen LogP contribution in [0.5, 0.6) is 0 Å². The van der Waals surface area contributed by atoms with Gasteiger partial charge < -0.3 is 5.32 Å². The number of amides is 1. The third kappa shape index (κ3) is 2.84. The summed E-state index contributed by atoms with van der Waals surface area (Å²) < 4.78 is 0. The summed E-state index contributed by atoms with van der Waals surface area (Å²) in [6, 6.07) is 1.92. The summed E-state index contributed by atoms with van der Waals surface area (Å²) in [6.07, 6.45) is 0.934. The van der Waals surface area contributed by atoms with Crippen LogP contribution in [0.3, 0.4) is 0 Å². The van der Waals surface area contributed by atoms with E-state index in [1.54, 1.807) is 0 Å².